The lowest BCUT2D eigenvalue weighted by molar-refractivity contribution is 0.166. The summed E-state index contributed by atoms with van der Waals surface area (Å²) in [6.07, 6.45) is 27.1. The van der Waals surface area contributed by atoms with E-state index >= 15 is 0 Å². The van der Waals surface area contributed by atoms with Gasteiger partial charge in [-0.15, -0.1) is 6.58 Å². The summed E-state index contributed by atoms with van der Waals surface area (Å²) >= 11 is 0. The third-order valence-corrected chi connectivity index (χ3v) is 9.05. The Kier molecular flexibility index (Phi) is 8.51. The van der Waals surface area contributed by atoms with Crippen LogP contribution in [-0.2, 0) is 6.42 Å². The number of allylic oxidation sites excluding steroid dienone is 3. The summed E-state index contributed by atoms with van der Waals surface area (Å²) in [5, 5.41) is 0. The Bertz CT molecular complexity index is 671. The first kappa shape index (κ1) is 22.9. The van der Waals surface area contributed by atoms with E-state index in [9.17, 15) is 0 Å². The van der Waals surface area contributed by atoms with Crippen molar-refractivity contribution in [3.8, 4) is 0 Å². The van der Waals surface area contributed by atoms with Gasteiger partial charge in [0.25, 0.3) is 0 Å². The normalized spacial score (nSPS) is 34.6. The summed E-state index contributed by atoms with van der Waals surface area (Å²) in [6.45, 7) is 6.28. The summed E-state index contributed by atoms with van der Waals surface area (Å²) in [5.74, 6) is 5.35. The van der Waals surface area contributed by atoms with E-state index in [0.717, 1.165) is 35.5 Å². The van der Waals surface area contributed by atoms with E-state index in [1.165, 1.54) is 95.5 Å². The van der Waals surface area contributed by atoms with Crippen LogP contribution in [0.4, 0.5) is 0 Å². The molecule has 0 N–H and O–H groups in total. The Labute approximate surface area is 192 Å². The van der Waals surface area contributed by atoms with Gasteiger partial charge in [-0.3, -0.25) is 0 Å². The van der Waals surface area contributed by atoms with Crippen molar-refractivity contribution in [3.05, 3.63) is 60.2 Å². The SMILES string of the molecule is C=C[C@H]1CC[C@H]([C@H]2CC[C@H](C=CC3CCC(c4ccc(CCC)cc4)CC3)CC2)CC1. The molecular formula is C31H46. The molecule has 3 aliphatic carbocycles. The number of hydrogen-bond donors (Lipinski definition) is 0. The lowest BCUT2D eigenvalue weighted by Gasteiger charge is -2.37. The molecule has 31 heavy (non-hydrogen) atoms. The average Bonchev–Trinajstić information content (AvgIpc) is 2.84. The molecule has 0 aromatic heterocycles. The number of benzene rings is 1. The van der Waals surface area contributed by atoms with Crippen molar-refractivity contribution in [2.45, 2.75) is 103 Å². The Morgan fingerprint density at radius 1 is 0.677 bits per heavy atom. The molecule has 170 valence electrons. The van der Waals surface area contributed by atoms with Gasteiger partial charge in [0.2, 0.25) is 0 Å². The summed E-state index contributed by atoms with van der Waals surface area (Å²) in [4.78, 5) is 0. The Hall–Kier alpha value is -1.30. The van der Waals surface area contributed by atoms with E-state index < -0.39 is 0 Å². The number of rotatable bonds is 7. The maximum Gasteiger partial charge on any atom is -0.0162 e. The van der Waals surface area contributed by atoms with Crippen LogP contribution in [0.3, 0.4) is 0 Å². The van der Waals surface area contributed by atoms with Gasteiger partial charge in [-0.05, 0) is 130 Å². The zero-order valence-corrected chi connectivity index (χ0v) is 20.1. The van der Waals surface area contributed by atoms with Crippen LogP contribution >= 0.6 is 0 Å². The standard InChI is InChI=1S/C31H46/c1-3-5-25-10-18-29(19-11-25)31-22-14-27(15-23-31)7-6-26-12-20-30(21-13-26)28-16-8-24(4-2)9-17-28/h4,6-7,10-11,18-19,24,26-28,30-31H,2-3,5,8-9,12-17,20-23H2,1H3/t24-,26-,27?,28-,30-,31?. The van der Waals surface area contributed by atoms with Crippen LogP contribution in [0.1, 0.15) is 107 Å². The highest BCUT2D eigenvalue weighted by Gasteiger charge is 2.30. The zero-order chi connectivity index (χ0) is 21.5. The molecule has 1 aromatic carbocycles. The Morgan fingerprint density at radius 2 is 1.16 bits per heavy atom. The van der Waals surface area contributed by atoms with Gasteiger partial charge >= 0.3 is 0 Å². The van der Waals surface area contributed by atoms with Crippen molar-refractivity contribution >= 4 is 0 Å². The number of aryl methyl sites for hydroxylation is 1. The number of hydrogen-bond acceptors (Lipinski definition) is 0. The topological polar surface area (TPSA) is 0 Å². The van der Waals surface area contributed by atoms with Crippen molar-refractivity contribution in [1.82, 2.24) is 0 Å². The minimum atomic E-state index is 0.798. The lowest BCUT2D eigenvalue weighted by Crippen LogP contribution is -2.25. The molecule has 0 spiro atoms. The smallest absolute Gasteiger partial charge is 0.0162 e. The van der Waals surface area contributed by atoms with Gasteiger partial charge in [0.15, 0.2) is 0 Å². The molecular weight excluding hydrogens is 372 g/mol. The Morgan fingerprint density at radius 3 is 1.65 bits per heavy atom. The first-order valence-corrected chi connectivity index (χ1v) is 13.6. The average molecular weight is 419 g/mol. The highest BCUT2D eigenvalue weighted by molar-refractivity contribution is 5.26. The first-order valence-electron chi connectivity index (χ1n) is 13.6. The molecule has 0 heterocycles. The minimum absolute atomic E-state index is 0.798. The molecule has 3 fully saturated rings. The lowest BCUT2D eigenvalue weighted by atomic mass is 9.69. The second-order valence-electron chi connectivity index (χ2n) is 11.1. The fraction of sp³-hybridized carbons (Fsp3) is 0.677. The van der Waals surface area contributed by atoms with E-state index in [0.29, 0.717) is 0 Å². The van der Waals surface area contributed by atoms with Gasteiger partial charge in [-0.25, -0.2) is 0 Å². The van der Waals surface area contributed by atoms with Gasteiger partial charge < -0.3 is 0 Å². The zero-order valence-electron chi connectivity index (χ0n) is 20.1. The van der Waals surface area contributed by atoms with Crippen LogP contribution in [0.5, 0.6) is 0 Å². The molecule has 0 atom stereocenters. The fourth-order valence-electron chi connectivity index (χ4n) is 6.87. The van der Waals surface area contributed by atoms with Crippen molar-refractivity contribution in [1.29, 1.82) is 0 Å². The van der Waals surface area contributed by atoms with Gasteiger partial charge in [0, 0.05) is 0 Å². The first-order chi connectivity index (χ1) is 15.2. The quantitative estimate of drug-likeness (QED) is 0.387. The largest absolute Gasteiger partial charge is 0.103 e. The highest BCUT2D eigenvalue weighted by Crippen LogP contribution is 2.42. The van der Waals surface area contributed by atoms with Gasteiger partial charge in [0.1, 0.15) is 0 Å². The van der Waals surface area contributed by atoms with E-state index in [1.54, 1.807) is 5.56 Å². The van der Waals surface area contributed by atoms with Crippen LogP contribution in [0.2, 0.25) is 0 Å². The van der Waals surface area contributed by atoms with Gasteiger partial charge in [-0.2, -0.15) is 0 Å². The molecule has 0 unspecified atom stereocenters. The molecule has 0 saturated heterocycles. The molecule has 0 radical (unpaired) electrons. The second-order valence-corrected chi connectivity index (χ2v) is 11.1. The Balaban J connectivity index is 1.17. The molecule has 3 aliphatic rings. The van der Waals surface area contributed by atoms with E-state index in [1.807, 2.05) is 0 Å². The molecule has 3 saturated carbocycles. The maximum absolute atomic E-state index is 4.01. The second kappa shape index (κ2) is 11.5. The van der Waals surface area contributed by atoms with Gasteiger partial charge in [-0.1, -0.05) is 55.8 Å². The summed E-state index contributed by atoms with van der Waals surface area (Å²) in [5.41, 5.74) is 3.09. The predicted molar refractivity (Wildman–Crippen MR) is 135 cm³/mol. The minimum Gasteiger partial charge on any atom is -0.103 e. The van der Waals surface area contributed by atoms with E-state index in [-0.39, 0.29) is 0 Å². The van der Waals surface area contributed by atoms with E-state index in [2.05, 4.69) is 56.0 Å². The summed E-state index contributed by atoms with van der Waals surface area (Å²) < 4.78 is 0. The van der Waals surface area contributed by atoms with Crippen molar-refractivity contribution in [2.75, 3.05) is 0 Å². The van der Waals surface area contributed by atoms with Crippen molar-refractivity contribution in [2.24, 2.45) is 29.6 Å². The molecule has 0 bridgehead atoms. The molecule has 1 aromatic rings. The van der Waals surface area contributed by atoms with Crippen LogP contribution < -0.4 is 0 Å². The van der Waals surface area contributed by atoms with Crippen LogP contribution in [0, 0.1) is 29.6 Å². The summed E-state index contributed by atoms with van der Waals surface area (Å²) in [6, 6.07) is 9.56. The molecule has 4 rings (SSSR count). The van der Waals surface area contributed by atoms with Crippen LogP contribution in [-0.4, -0.2) is 0 Å². The summed E-state index contributed by atoms with van der Waals surface area (Å²) in [7, 11) is 0. The molecule has 0 amide bonds. The predicted octanol–water partition coefficient (Wildman–Crippen LogP) is 9.27. The van der Waals surface area contributed by atoms with Crippen LogP contribution in [0.15, 0.2) is 49.1 Å². The molecule has 0 nitrogen and oxygen atoms in total. The van der Waals surface area contributed by atoms with Gasteiger partial charge in [0.05, 0.1) is 0 Å². The third kappa shape index (κ3) is 6.36. The van der Waals surface area contributed by atoms with Crippen LogP contribution in [0.25, 0.3) is 0 Å². The van der Waals surface area contributed by atoms with Crippen molar-refractivity contribution < 1.29 is 0 Å². The van der Waals surface area contributed by atoms with Crippen molar-refractivity contribution in [3.63, 3.8) is 0 Å². The fourth-order valence-corrected chi connectivity index (χ4v) is 6.87. The third-order valence-electron chi connectivity index (χ3n) is 9.05. The highest BCUT2D eigenvalue weighted by atomic mass is 14.3. The maximum atomic E-state index is 4.01. The molecule has 0 aliphatic heterocycles. The van der Waals surface area contributed by atoms with E-state index in [4.69, 9.17) is 0 Å². The molecule has 0 heteroatoms. The monoisotopic (exact) mass is 418 g/mol.